The number of imide groups is 1. The average molecular weight is 571 g/mol. The zero-order valence-electron chi connectivity index (χ0n) is 20.7. The van der Waals surface area contributed by atoms with E-state index in [0.717, 1.165) is 45.9 Å². The molecule has 3 atom stereocenters. The van der Waals surface area contributed by atoms with Crippen LogP contribution in [0.4, 0.5) is 10.7 Å². The molecule has 0 unspecified atom stereocenters. The third-order valence-electron chi connectivity index (χ3n) is 7.49. The number of hydrogen-bond donors (Lipinski definition) is 0. The van der Waals surface area contributed by atoms with E-state index in [1.165, 1.54) is 18.4 Å². The molecule has 2 amide bonds. The fraction of sp³-hybridized carbons (Fsp3) is 0.321. The second-order valence-electron chi connectivity index (χ2n) is 9.67. The number of methoxy groups -OCH3 is 1. The molecule has 2 fully saturated rings. The average Bonchev–Trinajstić information content (AvgIpc) is 3.54. The number of amides is 2. The number of esters is 1. The minimum Gasteiger partial charge on any atom is -0.465 e. The van der Waals surface area contributed by atoms with Crippen molar-refractivity contribution in [3.8, 4) is 0 Å². The lowest BCUT2D eigenvalue weighted by atomic mass is 9.90. The summed E-state index contributed by atoms with van der Waals surface area (Å²) < 4.78 is 5.08. The highest BCUT2D eigenvalue weighted by molar-refractivity contribution is 7.17. The molecule has 2 aliphatic heterocycles. The lowest BCUT2D eigenvalue weighted by molar-refractivity contribution is -0.126. The smallest absolute Gasteiger partial charge is 0.341 e. The van der Waals surface area contributed by atoms with Gasteiger partial charge in [-0.25, -0.2) is 14.8 Å². The number of fused-ring (bicyclic) bond motifs is 2. The van der Waals surface area contributed by atoms with E-state index >= 15 is 0 Å². The van der Waals surface area contributed by atoms with Crippen LogP contribution in [0.15, 0.2) is 42.5 Å². The zero-order chi connectivity index (χ0) is 26.7. The predicted molar refractivity (Wildman–Crippen MR) is 146 cm³/mol. The molecule has 3 aromatic rings. The quantitative estimate of drug-likeness (QED) is 0.279. The first-order valence-corrected chi connectivity index (χ1v) is 14.0. The number of para-hydroxylation sites is 1. The van der Waals surface area contributed by atoms with Crippen LogP contribution in [-0.2, 0) is 32.0 Å². The van der Waals surface area contributed by atoms with E-state index in [-0.39, 0.29) is 0 Å². The standard InChI is InChI=1S/C28H24Cl2N2O5S/c1-14-7-3-5-9-19(14)32-23(16-12-11-15(29)13-18(16)30)22-24(37-32)26(34)31(25(22)33)27-21(28(35)36-2)17-8-4-6-10-20(17)38-27/h3,5,7,9,11-13,22-24H,4,6,8,10H2,1-2H3/t22-,23-,24-/m0/s1. The topological polar surface area (TPSA) is 76.2 Å². The number of benzene rings is 2. The van der Waals surface area contributed by atoms with Crippen molar-refractivity contribution in [2.75, 3.05) is 17.1 Å². The van der Waals surface area contributed by atoms with Crippen LogP contribution in [0.5, 0.6) is 0 Å². The summed E-state index contributed by atoms with van der Waals surface area (Å²) in [5.74, 6) is -2.37. The van der Waals surface area contributed by atoms with E-state index in [0.29, 0.717) is 32.6 Å². The van der Waals surface area contributed by atoms with E-state index < -0.39 is 35.8 Å². The van der Waals surface area contributed by atoms with E-state index in [4.69, 9.17) is 32.8 Å². The van der Waals surface area contributed by atoms with Gasteiger partial charge in [-0.1, -0.05) is 47.5 Å². The molecule has 0 N–H and O–H groups in total. The van der Waals surface area contributed by atoms with E-state index in [2.05, 4.69) is 0 Å². The van der Waals surface area contributed by atoms with Gasteiger partial charge in [-0.05, 0) is 67.5 Å². The summed E-state index contributed by atoms with van der Waals surface area (Å²) in [4.78, 5) is 49.4. The molecule has 7 nitrogen and oxygen atoms in total. The number of hydroxylamine groups is 1. The van der Waals surface area contributed by atoms with E-state index in [1.807, 2.05) is 31.2 Å². The summed E-state index contributed by atoms with van der Waals surface area (Å²) in [5.41, 5.74) is 3.45. The van der Waals surface area contributed by atoms with E-state index in [9.17, 15) is 14.4 Å². The van der Waals surface area contributed by atoms with Crippen molar-refractivity contribution in [2.24, 2.45) is 5.92 Å². The van der Waals surface area contributed by atoms with Gasteiger partial charge < -0.3 is 4.74 Å². The van der Waals surface area contributed by atoms with Crippen LogP contribution in [0.3, 0.4) is 0 Å². The molecule has 0 bridgehead atoms. The molecule has 6 rings (SSSR count). The molecular weight excluding hydrogens is 547 g/mol. The Morgan fingerprint density at radius 3 is 2.58 bits per heavy atom. The van der Waals surface area contributed by atoms with Crippen LogP contribution in [0.2, 0.25) is 10.0 Å². The molecule has 1 aromatic heterocycles. The molecule has 0 saturated carbocycles. The SMILES string of the molecule is COC(=O)c1c(N2C(=O)[C@@H]3[C@H](ON(c4ccccc4C)[C@H]3c3ccc(Cl)cc3Cl)C2=O)sc2c1CCCC2. The Morgan fingerprint density at radius 2 is 1.84 bits per heavy atom. The highest BCUT2D eigenvalue weighted by atomic mass is 35.5. The number of carbonyl (C=O) groups excluding carboxylic acids is 3. The number of hydrogen-bond acceptors (Lipinski definition) is 7. The first-order chi connectivity index (χ1) is 18.3. The van der Waals surface area contributed by atoms with Gasteiger partial charge in [-0.2, -0.15) is 0 Å². The van der Waals surface area contributed by atoms with Gasteiger partial charge in [0.25, 0.3) is 5.91 Å². The van der Waals surface area contributed by atoms with Crippen LogP contribution in [-0.4, -0.2) is 31.0 Å². The van der Waals surface area contributed by atoms with Gasteiger partial charge in [0, 0.05) is 14.9 Å². The predicted octanol–water partition coefficient (Wildman–Crippen LogP) is 6.08. The molecule has 38 heavy (non-hydrogen) atoms. The van der Waals surface area contributed by atoms with Crippen molar-refractivity contribution < 1.29 is 24.0 Å². The van der Waals surface area contributed by atoms with Gasteiger partial charge in [0.05, 0.1) is 24.4 Å². The van der Waals surface area contributed by atoms with E-state index in [1.54, 1.807) is 23.3 Å². The van der Waals surface area contributed by atoms with Crippen LogP contribution in [0.1, 0.15) is 50.8 Å². The second-order valence-corrected chi connectivity index (χ2v) is 11.6. The number of anilines is 2. The third kappa shape index (κ3) is 3.85. The van der Waals surface area contributed by atoms with Crippen LogP contribution >= 0.6 is 34.5 Å². The molecule has 1 aliphatic carbocycles. The van der Waals surface area contributed by atoms with Crippen LogP contribution < -0.4 is 9.96 Å². The lowest BCUT2D eigenvalue weighted by Crippen LogP contribution is -2.38. The number of carbonyl (C=O) groups is 3. The Balaban J connectivity index is 1.48. The minimum atomic E-state index is -1.08. The van der Waals surface area contributed by atoms with Crippen molar-refractivity contribution in [3.05, 3.63) is 79.6 Å². The second kappa shape index (κ2) is 9.68. The van der Waals surface area contributed by atoms with Crippen LogP contribution in [0, 0.1) is 12.8 Å². The van der Waals surface area contributed by atoms with Gasteiger partial charge in [-0.3, -0.25) is 14.4 Å². The third-order valence-corrected chi connectivity index (χ3v) is 9.33. The first-order valence-electron chi connectivity index (χ1n) is 12.4. The van der Waals surface area contributed by atoms with Gasteiger partial charge in [0.15, 0.2) is 6.10 Å². The van der Waals surface area contributed by atoms with Gasteiger partial charge in [-0.15, -0.1) is 11.3 Å². The normalized spacial score (nSPS) is 22.6. The molecule has 2 saturated heterocycles. The summed E-state index contributed by atoms with van der Waals surface area (Å²) >= 11 is 14.1. The Morgan fingerprint density at radius 1 is 1.08 bits per heavy atom. The highest BCUT2D eigenvalue weighted by Gasteiger charge is 2.61. The summed E-state index contributed by atoms with van der Waals surface area (Å²) in [6, 6.07) is 12.0. The molecule has 0 spiro atoms. The Bertz CT molecular complexity index is 1490. The maximum Gasteiger partial charge on any atom is 0.341 e. The number of ether oxygens (including phenoxy) is 1. The molecule has 0 radical (unpaired) electrons. The number of halogens is 2. The summed E-state index contributed by atoms with van der Waals surface area (Å²) in [6.07, 6.45) is 2.36. The lowest BCUT2D eigenvalue weighted by Gasteiger charge is -2.30. The fourth-order valence-corrected chi connectivity index (χ4v) is 7.62. The monoisotopic (exact) mass is 570 g/mol. The zero-order valence-corrected chi connectivity index (χ0v) is 23.0. The molecule has 2 aromatic carbocycles. The summed E-state index contributed by atoms with van der Waals surface area (Å²) in [6.45, 7) is 1.93. The molecule has 3 aliphatic rings. The maximum atomic E-state index is 14.2. The number of nitrogens with zero attached hydrogens (tertiary/aromatic N) is 2. The van der Waals surface area contributed by atoms with Crippen molar-refractivity contribution in [2.45, 2.75) is 44.8 Å². The van der Waals surface area contributed by atoms with Crippen LogP contribution in [0.25, 0.3) is 0 Å². The number of thiophene rings is 1. The molecule has 3 heterocycles. The molecule has 196 valence electrons. The largest absolute Gasteiger partial charge is 0.465 e. The number of aryl methyl sites for hydroxylation is 2. The fourth-order valence-electron chi connectivity index (χ4n) is 5.71. The van der Waals surface area contributed by atoms with Crippen molar-refractivity contribution >= 4 is 63.0 Å². The van der Waals surface area contributed by atoms with Crippen molar-refractivity contribution in [1.82, 2.24) is 0 Å². The Hall–Kier alpha value is -2.91. The van der Waals surface area contributed by atoms with Gasteiger partial charge >= 0.3 is 5.97 Å². The maximum absolute atomic E-state index is 14.2. The molecule has 10 heteroatoms. The van der Waals surface area contributed by atoms with Gasteiger partial charge in [0.1, 0.15) is 10.9 Å². The minimum absolute atomic E-state index is 0.311. The Labute approximate surface area is 233 Å². The summed E-state index contributed by atoms with van der Waals surface area (Å²) in [5, 5.41) is 2.76. The number of rotatable bonds is 4. The van der Waals surface area contributed by atoms with Crippen molar-refractivity contribution in [3.63, 3.8) is 0 Å². The summed E-state index contributed by atoms with van der Waals surface area (Å²) in [7, 11) is 1.31. The van der Waals surface area contributed by atoms with Crippen molar-refractivity contribution in [1.29, 1.82) is 0 Å². The first kappa shape index (κ1) is 25.4. The molecular formula is C28H24Cl2N2O5S. The Kier molecular flexibility index (Phi) is 6.46. The van der Waals surface area contributed by atoms with Gasteiger partial charge in [0.2, 0.25) is 5.91 Å². The highest BCUT2D eigenvalue weighted by Crippen LogP contribution is 2.51.